The largest absolute Gasteiger partial charge is 0.468 e. The van der Waals surface area contributed by atoms with E-state index in [1.54, 1.807) is 11.9 Å². The number of amides is 1. The average molecular weight is 272 g/mol. The molecule has 0 aromatic rings. The van der Waals surface area contributed by atoms with Gasteiger partial charge in [0.2, 0.25) is 5.91 Å². The molecule has 0 aliphatic heterocycles. The Labute approximate surface area is 112 Å². The Morgan fingerprint density at radius 1 is 1.61 bits per heavy atom. The van der Waals surface area contributed by atoms with Crippen LogP contribution in [0.4, 0.5) is 0 Å². The van der Waals surface area contributed by atoms with E-state index in [0.717, 1.165) is 25.0 Å². The highest BCUT2D eigenvalue weighted by Gasteiger charge is 2.18. The number of methoxy groups -OCH3 is 1. The SMILES string of the molecule is COC(=O)C(N)CSCC(=O)N(C)C1=CCCC1. The van der Waals surface area contributed by atoms with Crippen LogP contribution in [-0.2, 0) is 14.3 Å². The molecule has 0 bridgehead atoms. The number of ether oxygens (including phenoxy) is 1. The maximum Gasteiger partial charge on any atom is 0.323 e. The van der Waals surface area contributed by atoms with Crippen LogP contribution in [-0.4, -0.2) is 48.5 Å². The lowest BCUT2D eigenvalue weighted by molar-refractivity contribution is -0.141. The molecule has 0 radical (unpaired) electrons. The molecule has 0 saturated carbocycles. The van der Waals surface area contributed by atoms with Crippen LogP contribution < -0.4 is 5.73 Å². The summed E-state index contributed by atoms with van der Waals surface area (Å²) >= 11 is 1.36. The zero-order chi connectivity index (χ0) is 13.5. The number of carbonyl (C=O) groups excluding carboxylic acids is 2. The van der Waals surface area contributed by atoms with Crippen molar-refractivity contribution in [3.8, 4) is 0 Å². The van der Waals surface area contributed by atoms with Crippen LogP contribution in [0.2, 0.25) is 0 Å². The molecule has 2 N–H and O–H groups in total. The summed E-state index contributed by atoms with van der Waals surface area (Å²) < 4.78 is 4.52. The van der Waals surface area contributed by atoms with E-state index in [1.807, 2.05) is 0 Å². The van der Waals surface area contributed by atoms with Crippen molar-refractivity contribution in [2.45, 2.75) is 25.3 Å². The lowest BCUT2D eigenvalue weighted by Gasteiger charge is -2.18. The van der Waals surface area contributed by atoms with Crippen LogP contribution in [0.5, 0.6) is 0 Å². The van der Waals surface area contributed by atoms with Gasteiger partial charge in [0.25, 0.3) is 0 Å². The minimum atomic E-state index is -0.663. The van der Waals surface area contributed by atoms with E-state index < -0.39 is 12.0 Å². The van der Waals surface area contributed by atoms with Crippen LogP contribution in [0.1, 0.15) is 19.3 Å². The van der Waals surface area contributed by atoms with Gasteiger partial charge in [-0.1, -0.05) is 6.08 Å². The molecule has 0 aromatic carbocycles. The van der Waals surface area contributed by atoms with Gasteiger partial charge in [-0.15, -0.1) is 11.8 Å². The standard InChI is InChI=1S/C12H20N2O3S/c1-14(9-5-3-4-6-9)11(15)8-18-7-10(13)12(16)17-2/h5,10H,3-4,6-8,13H2,1-2H3. The monoisotopic (exact) mass is 272 g/mol. The van der Waals surface area contributed by atoms with Crippen molar-refractivity contribution in [1.82, 2.24) is 4.90 Å². The van der Waals surface area contributed by atoms with E-state index in [1.165, 1.54) is 18.9 Å². The van der Waals surface area contributed by atoms with Crippen molar-refractivity contribution in [2.75, 3.05) is 25.7 Å². The van der Waals surface area contributed by atoms with Gasteiger partial charge < -0.3 is 15.4 Å². The Bertz CT molecular complexity index is 344. The van der Waals surface area contributed by atoms with Gasteiger partial charge in [-0.3, -0.25) is 9.59 Å². The number of nitrogens with two attached hydrogens (primary N) is 1. The van der Waals surface area contributed by atoms with Crippen molar-refractivity contribution in [2.24, 2.45) is 5.73 Å². The third-order valence-electron chi connectivity index (χ3n) is 2.85. The second-order valence-electron chi connectivity index (χ2n) is 4.19. The van der Waals surface area contributed by atoms with Gasteiger partial charge in [0.05, 0.1) is 12.9 Å². The molecule has 1 aliphatic rings. The molecular weight excluding hydrogens is 252 g/mol. The quantitative estimate of drug-likeness (QED) is 0.722. The Morgan fingerprint density at radius 2 is 2.33 bits per heavy atom. The van der Waals surface area contributed by atoms with Crippen molar-refractivity contribution >= 4 is 23.6 Å². The Balaban J connectivity index is 2.26. The second-order valence-corrected chi connectivity index (χ2v) is 5.22. The fourth-order valence-corrected chi connectivity index (χ4v) is 2.58. The predicted octanol–water partition coefficient (Wildman–Crippen LogP) is 0.746. The fourth-order valence-electron chi connectivity index (χ4n) is 1.71. The third-order valence-corrected chi connectivity index (χ3v) is 3.89. The molecule has 1 rings (SSSR count). The minimum absolute atomic E-state index is 0.0465. The van der Waals surface area contributed by atoms with Gasteiger partial charge in [-0.05, 0) is 19.3 Å². The topological polar surface area (TPSA) is 72.6 Å². The molecular formula is C12H20N2O3S. The molecule has 0 fully saturated rings. The minimum Gasteiger partial charge on any atom is -0.468 e. The third kappa shape index (κ3) is 4.34. The van der Waals surface area contributed by atoms with Gasteiger partial charge in [0.1, 0.15) is 6.04 Å². The Kier molecular flexibility index (Phi) is 6.21. The van der Waals surface area contributed by atoms with Gasteiger partial charge in [0, 0.05) is 18.5 Å². The molecule has 0 heterocycles. The highest BCUT2D eigenvalue weighted by molar-refractivity contribution is 8.00. The number of carbonyl (C=O) groups is 2. The molecule has 0 aromatic heterocycles. The van der Waals surface area contributed by atoms with Gasteiger partial charge in [0.15, 0.2) is 0 Å². The molecule has 6 heteroatoms. The highest BCUT2D eigenvalue weighted by atomic mass is 32.2. The zero-order valence-corrected chi connectivity index (χ0v) is 11.7. The summed E-state index contributed by atoms with van der Waals surface area (Å²) in [5.74, 6) is 0.330. The first-order chi connectivity index (χ1) is 8.56. The van der Waals surface area contributed by atoms with Gasteiger partial charge in [-0.25, -0.2) is 0 Å². The summed E-state index contributed by atoms with van der Waals surface area (Å²) in [5, 5.41) is 0. The van der Waals surface area contributed by atoms with E-state index in [-0.39, 0.29) is 5.91 Å². The van der Waals surface area contributed by atoms with Crippen LogP contribution >= 0.6 is 11.8 Å². The molecule has 1 aliphatic carbocycles. The van der Waals surface area contributed by atoms with Crippen molar-refractivity contribution in [1.29, 1.82) is 0 Å². The molecule has 1 unspecified atom stereocenters. The normalized spacial score (nSPS) is 16.1. The molecule has 1 atom stereocenters. The summed E-state index contributed by atoms with van der Waals surface area (Å²) in [5.41, 5.74) is 6.68. The Morgan fingerprint density at radius 3 is 2.89 bits per heavy atom. The van der Waals surface area contributed by atoms with Crippen molar-refractivity contribution < 1.29 is 14.3 Å². The summed E-state index contributed by atoms with van der Waals surface area (Å²) in [6.07, 6.45) is 5.23. The molecule has 0 saturated heterocycles. The van der Waals surface area contributed by atoms with Gasteiger partial charge >= 0.3 is 5.97 Å². The summed E-state index contributed by atoms with van der Waals surface area (Å²) in [4.78, 5) is 24.6. The van der Waals surface area contributed by atoms with Crippen molar-refractivity contribution in [3.05, 3.63) is 11.8 Å². The maximum absolute atomic E-state index is 11.9. The summed E-state index contributed by atoms with van der Waals surface area (Å²) in [6.45, 7) is 0. The number of hydrogen-bond donors (Lipinski definition) is 1. The number of esters is 1. The zero-order valence-electron chi connectivity index (χ0n) is 10.8. The smallest absolute Gasteiger partial charge is 0.323 e. The number of allylic oxidation sites excluding steroid dienone is 2. The van der Waals surface area contributed by atoms with E-state index in [0.29, 0.717) is 11.5 Å². The molecule has 5 nitrogen and oxygen atoms in total. The molecule has 18 heavy (non-hydrogen) atoms. The summed E-state index contributed by atoms with van der Waals surface area (Å²) in [7, 11) is 3.10. The van der Waals surface area contributed by atoms with Crippen LogP contribution in [0.25, 0.3) is 0 Å². The van der Waals surface area contributed by atoms with Gasteiger partial charge in [-0.2, -0.15) is 0 Å². The Hall–Kier alpha value is -1.01. The second kappa shape index (κ2) is 7.43. The lowest BCUT2D eigenvalue weighted by atomic mass is 10.3. The number of nitrogens with zero attached hydrogens (tertiary/aromatic N) is 1. The number of hydrogen-bond acceptors (Lipinski definition) is 5. The predicted molar refractivity (Wildman–Crippen MR) is 72.0 cm³/mol. The first-order valence-corrected chi connectivity index (χ1v) is 7.08. The van der Waals surface area contributed by atoms with Crippen molar-refractivity contribution in [3.63, 3.8) is 0 Å². The summed E-state index contributed by atoms with van der Waals surface area (Å²) in [6, 6.07) is -0.663. The average Bonchev–Trinajstić information content (AvgIpc) is 2.90. The van der Waals surface area contributed by atoms with E-state index in [4.69, 9.17) is 5.73 Å². The first-order valence-electron chi connectivity index (χ1n) is 5.93. The fraction of sp³-hybridized carbons (Fsp3) is 0.667. The molecule has 0 spiro atoms. The number of thioether (sulfide) groups is 1. The van der Waals surface area contributed by atoms with Crippen LogP contribution in [0.15, 0.2) is 11.8 Å². The molecule has 1 amide bonds. The van der Waals surface area contributed by atoms with Crippen LogP contribution in [0.3, 0.4) is 0 Å². The van der Waals surface area contributed by atoms with E-state index in [9.17, 15) is 9.59 Å². The highest BCUT2D eigenvalue weighted by Crippen LogP contribution is 2.20. The lowest BCUT2D eigenvalue weighted by Crippen LogP contribution is -2.35. The first kappa shape index (κ1) is 15.0. The van der Waals surface area contributed by atoms with E-state index >= 15 is 0 Å². The number of rotatable bonds is 6. The van der Waals surface area contributed by atoms with E-state index in [2.05, 4.69) is 10.8 Å². The van der Waals surface area contributed by atoms with Crippen LogP contribution in [0, 0.1) is 0 Å². The maximum atomic E-state index is 11.9. The molecule has 102 valence electrons.